The molecule has 6 nitrogen and oxygen atoms in total. The number of aromatic nitrogens is 2. The lowest BCUT2D eigenvalue weighted by molar-refractivity contribution is -0.120. The van der Waals surface area contributed by atoms with Crippen molar-refractivity contribution in [3.8, 4) is 11.1 Å². The summed E-state index contributed by atoms with van der Waals surface area (Å²) in [4.78, 5) is 35.6. The van der Waals surface area contributed by atoms with Crippen molar-refractivity contribution in [2.75, 3.05) is 26.2 Å². The number of carbonyl (C=O) groups excluding carboxylic acids is 1. The number of carbonyl (C=O) groups is 1. The van der Waals surface area contributed by atoms with Crippen LogP contribution in [-0.2, 0) is 10.5 Å². The topological polar surface area (TPSA) is 78.1 Å². The number of likely N-dealkylation sites (N-methyl/N-ethyl adjacent to an activating group) is 1. The minimum atomic E-state index is -0.217. The van der Waals surface area contributed by atoms with Gasteiger partial charge in [0.25, 0.3) is 5.56 Å². The van der Waals surface area contributed by atoms with Crippen molar-refractivity contribution in [1.29, 1.82) is 0 Å². The Bertz CT molecular complexity index is 1030. The minimum absolute atomic E-state index is 0.0121. The quantitative estimate of drug-likeness (QED) is 0.498. The molecule has 0 radical (unpaired) electrons. The summed E-state index contributed by atoms with van der Waals surface area (Å²) >= 11 is 2.95. The van der Waals surface area contributed by atoms with Crippen LogP contribution in [0.4, 0.5) is 0 Å². The van der Waals surface area contributed by atoms with Crippen molar-refractivity contribution < 1.29 is 4.79 Å². The van der Waals surface area contributed by atoms with Crippen LogP contribution < -0.4 is 10.9 Å². The van der Waals surface area contributed by atoms with Gasteiger partial charge in [0, 0.05) is 24.0 Å². The maximum Gasteiger partial charge on any atom is 0.260 e. The molecule has 0 saturated carbocycles. The zero-order valence-corrected chi connectivity index (χ0v) is 19.2. The molecule has 0 fully saturated rings. The monoisotopic (exact) mass is 444 g/mol. The van der Waals surface area contributed by atoms with Crippen LogP contribution in [0.5, 0.6) is 0 Å². The van der Waals surface area contributed by atoms with Gasteiger partial charge in [0.2, 0.25) is 5.91 Å². The Balaban J connectivity index is 1.61. The lowest BCUT2D eigenvalue weighted by atomic mass is 10.1. The van der Waals surface area contributed by atoms with Crippen molar-refractivity contribution in [3.05, 3.63) is 51.9 Å². The van der Waals surface area contributed by atoms with Crippen LogP contribution in [-0.4, -0.2) is 52.2 Å². The molecular formula is C22H28N4O2S2. The first-order chi connectivity index (χ1) is 14.5. The molecule has 0 aliphatic rings. The number of benzene rings is 1. The average molecular weight is 445 g/mol. The molecule has 8 heteroatoms. The fourth-order valence-electron chi connectivity index (χ4n) is 3.19. The molecule has 30 heavy (non-hydrogen) atoms. The van der Waals surface area contributed by atoms with Crippen molar-refractivity contribution in [2.45, 2.75) is 31.8 Å². The predicted octanol–water partition coefficient (Wildman–Crippen LogP) is 3.73. The number of thiophene rings is 1. The molecule has 2 N–H and O–H groups in total. The Labute approximate surface area is 185 Å². The highest BCUT2D eigenvalue weighted by Crippen LogP contribution is 2.30. The third kappa shape index (κ3) is 5.50. The smallest absolute Gasteiger partial charge is 0.260 e. The number of thioether (sulfide) groups is 1. The van der Waals surface area contributed by atoms with Gasteiger partial charge in [-0.25, -0.2) is 4.98 Å². The Morgan fingerprint density at radius 3 is 2.70 bits per heavy atom. The molecule has 1 aromatic carbocycles. The second-order valence-corrected chi connectivity index (χ2v) is 9.17. The lowest BCUT2D eigenvalue weighted by Crippen LogP contribution is -2.38. The van der Waals surface area contributed by atoms with Crippen LogP contribution in [0.3, 0.4) is 0 Å². The molecule has 0 bridgehead atoms. The Kier molecular flexibility index (Phi) is 8.07. The van der Waals surface area contributed by atoms with Crippen LogP contribution >= 0.6 is 23.1 Å². The Morgan fingerprint density at radius 1 is 1.27 bits per heavy atom. The van der Waals surface area contributed by atoms with Gasteiger partial charge in [-0.3, -0.25) is 9.59 Å². The third-order valence-electron chi connectivity index (χ3n) is 5.04. The van der Waals surface area contributed by atoms with Gasteiger partial charge >= 0.3 is 0 Å². The van der Waals surface area contributed by atoms with E-state index in [4.69, 9.17) is 0 Å². The maximum absolute atomic E-state index is 12.7. The van der Waals surface area contributed by atoms with Crippen molar-refractivity contribution in [2.24, 2.45) is 0 Å². The van der Waals surface area contributed by atoms with E-state index < -0.39 is 0 Å². The fraction of sp³-hybridized carbons (Fsp3) is 0.409. The number of aromatic amines is 1. The zero-order chi connectivity index (χ0) is 21.5. The zero-order valence-electron chi connectivity index (χ0n) is 17.6. The summed E-state index contributed by atoms with van der Waals surface area (Å²) in [7, 11) is 0. The Morgan fingerprint density at radius 2 is 2.00 bits per heavy atom. The van der Waals surface area contributed by atoms with E-state index in [0.717, 1.165) is 35.6 Å². The summed E-state index contributed by atoms with van der Waals surface area (Å²) in [6.07, 6.45) is 0. The molecule has 0 aliphatic heterocycles. The SMILES string of the molecule is CCN(CC)CCNC(=O)[C@H](C)SCc1nc2scc(-c3ccccc3)c2c(=O)[nH]1. The summed E-state index contributed by atoms with van der Waals surface area (Å²) in [6, 6.07) is 9.85. The number of nitrogens with one attached hydrogen (secondary N) is 2. The van der Waals surface area contributed by atoms with Gasteiger partial charge in [0.05, 0.1) is 16.4 Å². The number of amides is 1. The summed E-state index contributed by atoms with van der Waals surface area (Å²) in [5.41, 5.74) is 1.78. The van der Waals surface area contributed by atoms with Crippen molar-refractivity contribution in [1.82, 2.24) is 20.2 Å². The fourth-order valence-corrected chi connectivity index (χ4v) is 4.94. The summed E-state index contributed by atoms with van der Waals surface area (Å²) in [6.45, 7) is 9.57. The molecule has 2 aromatic heterocycles. The van der Waals surface area contributed by atoms with E-state index >= 15 is 0 Å². The van der Waals surface area contributed by atoms with Crippen molar-refractivity contribution in [3.63, 3.8) is 0 Å². The second kappa shape index (κ2) is 10.7. The van der Waals surface area contributed by atoms with Crippen LogP contribution in [0.1, 0.15) is 26.6 Å². The van der Waals surface area contributed by atoms with Gasteiger partial charge in [-0.1, -0.05) is 44.2 Å². The van der Waals surface area contributed by atoms with Crippen LogP contribution in [0.15, 0.2) is 40.5 Å². The minimum Gasteiger partial charge on any atom is -0.354 e. The molecule has 1 amide bonds. The second-order valence-electron chi connectivity index (χ2n) is 6.98. The molecule has 2 heterocycles. The molecule has 3 aromatic rings. The van der Waals surface area contributed by atoms with Gasteiger partial charge < -0.3 is 15.2 Å². The standard InChI is InChI=1S/C22H28N4O2S2/c1-4-26(5-2)12-11-23-20(27)15(3)29-14-18-24-21(28)19-17(13-30-22(19)25-18)16-9-7-6-8-10-16/h6-10,13,15H,4-5,11-12,14H2,1-3H3,(H,23,27)(H,24,25,28)/t15-/m0/s1. The van der Waals surface area contributed by atoms with E-state index in [-0.39, 0.29) is 16.7 Å². The number of hydrogen-bond acceptors (Lipinski definition) is 6. The number of rotatable bonds is 10. The molecule has 160 valence electrons. The predicted molar refractivity (Wildman–Crippen MR) is 127 cm³/mol. The van der Waals surface area contributed by atoms with Crippen LogP contribution in [0.25, 0.3) is 21.3 Å². The van der Waals surface area contributed by atoms with E-state index in [0.29, 0.717) is 23.5 Å². The van der Waals surface area contributed by atoms with E-state index in [2.05, 4.69) is 34.0 Å². The highest BCUT2D eigenvalue weighted by atomic mass is 32.2. The summed E-state index contributed by atoms with van der Waals surface area (Å²) in [5, 5.41) is 5.38. The number of nitrogens with zero attached hydrogens (tertiary/aromatic N) is 2. The highest BCUT2D eigenvalue weighted by molar-refractivity contribution is 7.99. The largest absolute Gasteiger partial charge is 0.354 e. The number of fused-ring (bicyclic) bond motifs is 1. The average Bonchev–Trinajstić information content (AvgIpc) is 3.20. The number of H-pyrrole nitrogens is 1. The molecular weight excluding hydrogens is 416 g/mol. The third-order valence-corrected chi connectivity index (χ3v) is 7.07. The van der Waals surface area contributed by atoms with E-state index in [1.54, 1.807) is 0 Å². The van der Waals surface area contributed by atoms with E-state index in [1.807, 2.05) is 42.6 Å². The Hall–Kier alpha value is -2.16. The van der Waals surface area contributed by atoms with Gasteiger partial charge in [-0.2, -0.15) is 0 Å². The molecule has 0 aliphatic carbocycles. The van der Waals surface area contributed by atoms with Crippen LogP contribution in [0.2, 0.25) is 0 Å². The summed E-state index contributed by atoms with van der Waals surface area (Å²) < 4.78 is 0. The maximum atomic E-state index is 12.7. The lowest BCUT2D eigenvalue weighted by Gasteiger charge is -2.19. The first kappa shape index (κ1) is 22.5. The van der Waals surface area contributed by atoms with Crippen LogP contribution in [0, 0.1) is 0 Å². The van der Waals surface area contributed by atoms with Gasteiger partial charge in [0.15, 0.2) is 0 Å². The van der Waals surface area contributed by atoms with Gasteiger partial charge in [-0.15, -0.1) is 23.1 Å². The van der Waals surface area contributed by atoms with Gasteiger partial charge in [-0.05, 0) is 25.6 Å². The van der Waals surface area contributed by atoms with Gasteiger partial charge in [0.1, 0.15) is 10.7 Å². The molecule has 1 atom stereocenters. The molecule has 0 saturated heterocycles. The molecule has 3 rings (SSSR count). The van der Waals surface area contributed by atoms with Crippen molar-refractivity contribution >= 4 is 39.2 Å². The normalized spacial score (nSPS) is 12.4. The first-order valence-corrected chi connectivity index (χ1v) is 12.1. The number of hydrogen-bond donors (Lipinski definition) is 2. The molecule has 0 spiro atoms. The first-order valence-electron chi connectivity index (χ1n) is 10.2. The summed E-state index contributed by atoms with van der Waals surface area (Å²) in [5.74, 6) is 1.09. The van der Waals surface area contributed by atoms with E-state index in [1.165, 1.54) is 23.1 Å². The highest BCUT2D eigenvalue weighted by Gasteiger charge is 2.16. The molecule has 0 unspecified atom stereocenters. The van der Waals surface area contributed by atoms with E-state index in [9.17, 15) is 9.59 Å².